The highest BCUT2D eigenvalue weighted by Crippen LogP contribution is 2.41. The molecule has 0 spiro atoms. The second-order valence-corrected chi connectivity index (χ2v) is 7.22. The van der Waals surface area contributed by atoms with E-state index in [0.29, 0.717) is 11.1 Å². The van der Waals surface area contributed by atoms with Crippen LogP contribution in [0, 0.1) is 6.92 Å². The SMILES string of the molecule is Cc1ccc(C(O)COP(O)OC(COP(O)O)c2ccccc2)cc1. The number of aliphatic hydroxyl groups is 1. The van der Waals surface area contributed by atoms with E-state index in [2.05, 4.69) is 0 Å². The first-order chi connectivity index (χ1) is 12.5. The number of benzene rings is 2. The summed E-state index contributed by atoms with van der Waals surface area (Å²) in [5.74, 6) is 0. The molecule has 7 nitrogen and oxygen atoms in total. The predicted octanol–water partition coefficient (Wildman–Crippen LogP) is 3.25. The first-order valence-electron chi connectivity index (χ1n) is 7.84. The molecule has 0 amide bonds. The topological polar surface area (TPSA) is 109 Å². The molecule has 0 bridgehead atoms. The highest BCUT2D eigenvalue weighted by atomic mass is 31.2. The molecule has 2 aromatic carbocycles. The van der Waals surface area contributed by atoms with E-state index in [9.17, 15) is 10.00 Å². The molecule has 2 rings (SSSR count). The molecule has 3 atom stereocenters. The standard InChI is InChI=1S/C17H22O7P2/c1-13-7-9-14(10-8-13)16(18)11-23-26(21)24-17(12-22-25(19)20)15-5-3-2-4-6-15/h2-10,16-21H,11-12H2,1H3. The zero-order valence-corrected chi connectivity index (χ0v) is 16.0. The van der Waals surface area contributed by atoms with Crippen molar-refractivity contribution in [1.29, 1.82) is 0 Å². The first kappa shape index (κ1) is 21.3. The highest BCUT2D eigenvalue weighted by molar-refractivity contribution is 7.40. The second-order valence-electron chi connectivity index (χ2n) is 5.51. The third-order valence-electron chi connectivity index (χ3n) is 3.54. The molecule has 142 valence electrons. The lowest BCUT2D eigenvalue weighted by Gasteiger charge is -2.21. The predicted molar refractivity (Wildman–Crippen MR) is 98.8 cm³/mol. The van der Waals surface area contributed by atoms with E-state index in [4.69, 9.17) is 23.4 Å². The summed E-state index contributed by atoms with van der Waals surface area (Å²) in [5.41, 5.74) is 2.44. The maximum atomic E-state index is 10.1. The molecule has 0 saturated carbocycles. The Bertz CT molecular complexity index is 639. The van der Waals surface area contributed by atoms with Gasteiger partial charge in [-0.1, -0.05) is 60.2 Å². The molecule has 0 aliphatic rings. The summed E-state index contributed by atoms with van der Waals surface area (Å²) < 4.78 is 15.5. The van der Waals surface area contributed by atoms with Crippen LogP contribution in [0.3, 0.4) is 0 Å². The Hall–Kier alpha value is -0.980. The Morgan fingerprint density at radius 2 is 1.50 bits per heavy atom. The summed E-state index contributed by atoms with van der Waals surface area (Å²) in [5, 5.41) is 10.1. The van der Waals surface area contributed by atoms with Crippen LogP contribution in [0.25, 0.3) is 0 Å². The number of aliphatic hydroxyl groups excluding tert-OH is 1. The number of hydrogen-bond donors (Lipinski definition) is 4. The van der Waals surface area contributed by atoms with Gasteiger partial charge in [-0.2, -0.15) is 0 Å². The van der Waals surface area contributed by atoms with Gasteiger partial charge in [0.2, 0.25) is 0 Å². The van der Waals surface area contributed by atoms with Gasteiger partial charge in [-0.05, 0) is 18.1 Å². The molecule has 4 N–H and O–H groups in total. The van der Waals surface area contributed by atoms with Crippen molar-refractivity contribution in [3.63, 3.8) is 0 Å². The van der Waals surface area contributed by atoms with Gasteiger partial charge in [0.1, 0.15) is 12.2 Å². The average Bonchev–Trinajstić information content (AvgIpc) is 2.64. The average molecular weight is 400 g/mol. The Kier molecular flexibility index (Phi) is 9.02. The smallest absolute Gasteiger partial charge is 0.330 e. The van der Waals surface area contributed by atoms with Crippen molar-refractivity contribution >= 4 is 17.2 Å². The van der Waals surface area contributed by atoms with Gasteiger partial charge < -0.3 is 33.4 Å². The first-order valence-corrected chi connectivity index (χ1v) is 10.1. The summed E-state index contributed by atoms with van der Waals surface area (Å²) in [6.07, 6.45) is -1.64. The molecule has 3 unspecified atom stereocenters. The van der Waals surface area contributed by atoms with Crippen molar-refractivity contribution < 1.29 is 33.4 Å². The molecule has 0 saturated heterocycles. The Labute approximate surface area is 154 Å². The highest BCUT2D eigenvalue weighted by Gasteiger charge is 2.21. The van der Waals surface area contributed by atoms with Crippen molar-refractivity contribution in [2.45, 2.75) is 19.1 Å². The van der Waals surface area contributed by atoms with Crippen LogP contribution in [-0.2, 0) is 13.6 Å². The lowest BCUT2D eigenvalue weighted by atomic mass is 10.1. The van der Waals surface area contributed by atoms with Crippen LogP contribution in [0.2, 0.25) is 0 Å². The molecule has 2 aromatic rings. The zero-order valence-electron chi connectivity index (χ0n) is 14.2. The zero-order chi connectivity index (χ0) is 18.9. The molecule has 0 aliphatic heterocycles. The van der Waals surface area contributed by atoms with Gasteiger partial charge >= 0.3 is 17.2 Å². The molecule has 0 heterocycles. The fourth-order valence-electron chi connectivity index (χ4n) is 2.15. The summed E-state index contributed by atoms with van der Waals surface area (Å²) >= 11 is 0. The maximum Gasteiger partial charge on any atom is 0.330 e. The Morgan fingerprint density at radius 1 is 0.846 bits per heavy atom. The fourth-order valence-corrected chi connectivity index (χ4v) is 3.15. The molecule has 0 fully saturated rings. The second kappa shape index (κ2) is 11.0. The lowest BCUT2D eigenvalue weighted by molar-refractivity contribution is 0.0633. The van der Waals surface area contributed by atoms with Crippen LogP contribution in [0.1, 0.15) is 28.9 Å². The molecule has 26 heavy (non-hydrogen) atoms. The van der Waals surface area contributed by atoms with Gasteiger partial charge in [0.15, 0.2) is 0 Å². The largest absolute Gasteiger partial charge is 0.386 e. The summed E-state index contributed by atoms with van der Waals surface area (Å²) in [6, 6.07) is 16.2. The van der Waals surface area contributed by atoms with Gasteiger partial charge in [-0.25, -0.2) is 0 Å². The van der Waals surface area contributed by atoms with E-state index in [-0.39, 0.29) is 13.2 Å². The van der Waals surface area contributed by atoms with Crippen LogP contribution in [0.15, 0.2) is 54.6 Å². The summed E-state index contributed by atoms with van der Waals surface area (Å²) in [7, 11) is -4.83. The van der Waals surface area contributed by atoms with Crippen molar-refractivity contribution in [1.82, 2.24) is 0 Å². The molecular formula is C17H22O7P2. The minimum absolute atomic E-state index is 0.139. The summed E-state index contributed by atoms with van der Waals surface area (Å²) in [6.45, 7) is 1.65. The van der Waals surface area contributed by atoms with Gasteiger partial charge in [0.05, 0.1) is 13.2 Å². The molecule has 0 radical (unpaired) electrons. The minimum Gasteiger partial charge on any atom is -0.386 e. The van der Waals surface area contributed by atoms with Crippen molar-refractivity contribution in [3.05, 3.63) is 71.3 Å². The van der Waals surface area contributed by atoms with Crippen LogP contribution >= 0.6 is 17.2 Å². The van der Waals surface area contributed by atoms with E-state index >= 15 is 0 Å². The third kappa shape index (κ3) is 7.33. The third-order valence-corrected chi connectivity index (χ3v) is 4.72. The van der Waals surface area contributed by atoms with Crippen LogP contribution in [-0.4, -0.2) is 33.0 Å². The lowest BCUT2D eigenvalue weighted by Crippen LogP contribution is -2.11. The van der Waals surface area contributed by atoms with Gasteiger partial charge in [0.25, 0.3) is 0 Å². The Morgan fingerprint density at radius 3 is 2.12 bits per heavy atom. The van der Waals surface area contributed by atoms with Gasteiger partial charge in [-0.3, -0.25) is 0 Å². The van der Waals surface area contributed by atoms with Crippen molar-refractivity contribution in [2.75, 3.05) is 13.2 Å². The normalized spacial score (nSPS) is 15.0. The van der Waals surface area contributed by atoms with E-state index in [1.807, 2.05) is 25.1 Å². The summed E-state index contributed by atoms with van der Waals surface area (Å²) in [4.78, 5) is 27.9. The minimum atomic E-state index is -2.53. The molecule has 0 aliphatic carbocycles. The monoisotopic (exact) mass is 400 g/mol. The number of hydrogen-bond acceptors (Lipinski definition) is 7. The van der Waals surface area contributed by atoms with Crippen molar-refractivity contribution in [3.8, 4) is 0 Å². The van der Waals surface area contributed by atoms with Crippen molar-refractivity contribution in [2.24, 2.45) is 0 Å². The van der Waals surface area contributed by atoms with Gasteiger partial charge in [-0.15, -0.1) is 0 Å². The fraction of sp³-hybridized carbons (Fsp3) is 0.294. The van der Waals surface area contributed by atoms with E-state index in [1.165, 1.54) is 0 Å². The van der Waals surface area contributed by atoms with E-state index in [1.54, 1.807) is 36.4 Å². The number of aryl methyl sites for hydroxylation is 1. The quantitative estimate of drug-likeness (QED) is 0.454. The van der Waals surface area contributed by atoms with E-state index < -0.39 is 29.4 Å². The van der Waals surface area contributed by atoms with Gasteiger partial charge in [0, 0.05) is 0 Å². The molecular weight excluding hydrogens is 378 g/mol. The van der Waals surface area contributed by atoms with Crippen LogP contribution < -0.4 is 0 Å². The maximum absolute atomic E-state index is 10.1. The van der Waals surface area contributed by atoms with Crippen LogP contribution in [0.5, 0.6) is 0 Å². The van der Waals surface area contributed by atoms with E-state index in [0.717, 1.165) is 5.56 Å². The van der Waals surface area contributed by atoms with Crippen LogP contribution in [0.4, 0.5) is 0 Å². The Balaban J connectivity index is 1.89. The number of rotatable bonds is 10. The molecule has 9 heteroatoms. The molecule has 0 aromatic heterocycles.